The van der Waals surface area contributed by atoms with E-state index in [9.17, 15) is 15.0 Å². The molecule has 0 unspecified atom stereocenters. The van der Waals surface area contributed by atoms with Gasteiger partial charge in [-0.2, -0.15) is 0 Å². The first-order chi connectivity index (χ1) is 13.9. The van der Waals surface area contributed by atoms with Crippen LogP contribution in [0.1, 0.15) is 22.4 Å². The lowest BCUT2D eigenvalue weighted by atomic mass is 9.81. The number of benzene rings is 1. The number of aliphatic imine (C=N–C) groups is 1. The summed E-state index contributed by atoms with van der Waals surface area (Å²) < 4.78 is 0. The molecule has 0 spiro atoms. The monoisotopic (exact) mass is 431 g/mol. The molecule has 4 N–H and O–H groups in total. The summed E-state index contributed by atoms with van der Waals surface area (Å²) in [5.41, 5.74) is 3.23. The van der Waals surface area contributed by atoms with Gasteiger partial charge in [0, 0.05) is 15.8 Å². The second kappa shape index (κ2) is 8.47. The molecule has 1 aromatic heterocycles. The Kier molecular flexibility index (Phi) is 5.96. The summed E-state index contributed by atoms with van der Waals surface area (Å²) in [6.45, 7) is 4.55. The number of aliphatic hydroxyl groups excluding tert-OH is 2. The van der Waals surface area contributed by atoms with Gasteiger partial charge in [0.05, 0.1) is 24.6 Å². The largest absolute Gasteiger partial charge is 0.390 e. The topological polar surface area (TPSA) is 94.0 Å². The fourth-order valence-electron chi connectivity index (χ4n) is 4.00. The molecule has 154 valence electrons. The van der Waals surface area contributed by atoms with E-state index < -0.39 is 24.2 Å². The lowest BCUT2D eigenvalue weighted by Crippen LogP contribution is -2.53. The van der Waals surface area contributed by atoms with E-state index in [0.717, 1.165) is 21.7 Å². The molecule has 0 bridgehead atoms. The van der Waals surface area contributed by atoms with Gasteiger partial charge >= 0.3 is 0 Å². The number of thiophene rings is 1. The average molecular weight is 432 g/mol. The molecule has 2 aromatic rings. The molecule has 29 heavy (non-hydrogen) atoms. The molecule has 1 aromatic carbocycles. The Balaban J connectivity index is 1.47. The summed E-state index contributed by atoms with van der Waals surface area (Å²) in [7, 11) is 0. The molecular formula is C21H25N3O3S2. The zero-order valence-electron chi connectivity index (χ0n) is 16.3. The van der Waals surface area contributed by atoms with Crippen molar-refractivity contribution in [2.75, 3.05) is 5.32 Å². The van der Waals surface area contributed by atoms with Crippen LogP contribution < -0.4 is 10.6 Å². The maximum atomic E-state index is 12.9. The number of carbonyl (C=O) groups is 1. The molecular weight excluding hydrogens is 406 g/mol. The number of hydrogen-bond acceptors (Lipinski definition) is 7. The molecule has 1 aliphatic carbocycles. The fourth-order valence-corrected chi connectivity index (χ4v) is 6.02. The molecule has 1 fully saturated rings. The van der Waals surface area contributed by atoms with E-state index in [1.54, 1.807) is 11.3 Å². The highest BCUT2D eigenvalue weighted by Crippen LogP contribution is 2.41. The number of amidine groups is 1. The minimum Gasteiger partial charge on any atom is -0.390 e. The zero-order chi connectivity index (χ0) is 20.5. The van der Waals surface area contributed by atoms with Crippen LogP contribution in [0.3, 0.4) is 0 Å². The van der Waals surface area contributed by atoms with E-state index >= 15 is 0 Å². The van der Waals surface area contributed by atoms with Crippen LogP contribution in [0.5, 0.6) is 0 Å². The number of aryl methyl sites for hydroxylation is 2. The third-order valence-electron chi connectivity index (χ3n) is 5.31. The third-order valence-corrected chi connectivity index (χ3v) is 7.50. The van der Waals surface area contributed by atoms with Gasteiger partial charge in [0.1, 0.15) is 6.10 Å². The van der Waals surface area contributed by atoms with Crippen molar-refractivity contribution in [3.05, 3.63) is 51.7 Å². The second-order valence-electron chi connectivity index (χ2n) is 7.71. The van der Waals surface area contributed by atoms with Crippen molar-refractivity contribution >= 4 is 39.9 Å². The maximum Gasteiger partial charge on any atom is 0.224 e. The van der Waals surface area contributed by atoms with Crippen molar-refractivity contribution in [3.8, 4) is 0 Å². The Bertz CT molecular complexity index is 896. The number of amides is 1. The first kappa shape index (κ1) is 20.4. The molecule has 0 radical (unpaired) electrons. The van der Waals surface area contributed by atoms with Crippen molar-refractivity contribution in [2.24, 2.45) is 10.9 Å². The van der Waals surface area contributed by atoms with E-state index in [4.69, 9.17) is 0 Å². The lowest BCUT2D eigenvalue weighted by molar-refractivity contribution is -0.129. The van der Waals surface area contributed by atoms with Gasteiger partial charge in [-0.15, -0.1) is 11.3 Å². The Labute approximate surface area is 178 Å². The summed E-state index contributed by atoms with van der Waals surface area (Å²) >= 11 is 3.07. The molecule has 2 heterocycles. The van der Waals surface area contributed by atoms with Crippen molar-refractivity contribution in [1.29, 1.82) is 0 Å². The van der Waals surface area contributed by atoms with Crippen LogP contribution in [-0.2, 0) is 11.3 Å². The quantitative estimate of drug-likeness (QED) is 0.597. The van der Waals surface area contributed by atoms with Crippen LogP contribution in [0, 0.1) is 19.8 Å². The number of aliphatic hydroxyl groups is 2. The van der Waals surface area contributed by atoms with Gasteiger partial charge in [0.15, 0.2) is 5.17 Å². The van der Waals surface area contributed by atoms with E-state index in [1.165, 1.54) is 11.8 Å². The number of nitrogens with one attached hydrogen (secondary N) is 2. The first-order valence-electron chi connectivity index (χ1n) is 9.66. The highest BCUT2D eigenvalue weighted by atomic mass is 32.2. The smallest absolute Gasteiger partial charge is 0.224 e. The molecule has 6 nitrogen and oxygen atoms in total. The maximum absolute atomic E-state index is 12.9. The molecule has 0 saturated heterocycles. The number of hydrogen-bond donors (Lipinski definition) is 4. The average Bonchev–Trinajstić information content (AvgIpc) is 3.31. The molecule has 1 saturated carbocycles. The van der Waals surface area contributed by atoms with Gasteiger partial charge in [0.25, 0.3) is 0 Å². The van der Waals surface area contributed by atoms with Crippen LogP contribution >= 0.6 is 23.1 Å². The van der Waals surface area contributed by atoms with E-state index in [0.29, 0.717) is 11.7 Å². The van der Waals surface area contributed by atoms with Gasteiger partial charge in [-0.3, -0.25) is 9.79 Å². The van der Waals surface area contributed by atoms with Crippen LogP contribution in [0.4, 0.5) is 5.69 Å². The predicted octanol–water partition coefficient (Wildman–Crippen LogP) is 2.67. The number of carbonyl (C=O) groups excluding carboxylic acids is 1. The molecule has 8 heteroatoms. The molecule has 4 rings (SSSR count). The standard InChI is InChI=1S/C21H25N3O3S2/c1-11-6-12(2)8-13(7-11)23-21-24-17-18(26)16(25)9-15(19(17)29-21)20(27)22-10-14-4-3-5-28-14/h3-8,15-19,25-26H,9-10H2,1-2H3,(H,22,27)(H,23,24)/t15-,16+,17-,18-,19+/m0/s1. The van der Waals surface area contributed by atoms with Gasteiger partial charge in [-0.25, -0.2) is 0 Å². The van der Waals surface area contributed by atoms with E-state index in [1.807, 2.05) is 43.5 Å². The van der Waals surface area contributed by atoms with Crippen molar-refractivity contribution in [2.45, 2.75) is 50.3 Å². The van der Waals surface area contributed by atoms with Crippen LogP contribution in [0.2, 0.25) is 0 Å². The summed E-state index contributed by atoms with van der Waals surface area (Å²) in [6.07, 6.45) is -1.69. The van der Waals surface area contributed by atoms with Gasteiger partial charge in [-0.05, 0) is 55.0 Å². The number of fused-ring (bicyclic) bond motifs is 1. The van der Waals surface area contributed by atoms with Gasteiger partial charge < -0.3 is 20.8 Å². The Morgan fingerprint density at radius 3 is 2.69 bits per heavy atom. The van der Waals surface area contributed by atoms with Crippen LogP contribution in [-0.4, -0.2) is 44.8 Å². The van der Waals surface area contributed by atoms with E-state index in [2.05, 4.69) is 21.7 Å². The Morgan fingerprint density at radius 1 is 1.24 bits per heavy atom. The van der Waals surface area contributed by atoms with Crippen molar-refractivity contribution in [1.82, 2.24) is 5.32 Å². The highest BCUT2D eigenvalue weighted by molar-refractivity contribution is 8.15. The minimum atomic E-state index is -0.965. The van der Waals surface area contributed by atoms with Crippen molar-refractivity contribution in [3.63, 3.8) is 0 Å². The van der Waals surface area contributed by atoms with Gasteiger partial charge in [0.2, 0.25) is 5.91 Å². The van der Waals surface area contributed by atoms with Crippen molar-refractivity contribution < 1.29 is 15.0 Å². The molecule has 5 atom stereocenters. The summed E-state index contributed by atoms with van der Waals surface area (Å²) in [5.74, 6) is -0.514. The first-order valence-corrected chi connectivity index (χ1v) is 11.4. The highest BCUT2D eigenvalue weighted by Gasteiger charge is 2.50. The third kappa shape index (κ3) is 4.50. The second-order valence-corrected chi connectivity index (χ2v) is 9.90. The Morgan fingerprint density at radius 2 is 2.00 bits per heavy atom. The molecule has 1 amide bonds. The fraction of sp³-hybridized carbons (Fsp3) is 0.429. The normalized spacial score (nSPS) is 28.6. The molecule has 1 aliphatic heterocycles. The number of anilines is 1. The van der Waals surface area contributed by atoms with Crippen LogP contribution in [0.25, 0.3) is 0 Å². The Hall–Kier alpha value is -1.87. The SMILES string of the molecule is Cc1cc(C)cc(NC2=N[C@H]3[C@@H](O)[C@H](O)C[C@H](C(=O)NCc4cccs4)[C@H]3S2)c1. The molecule has 2 aliphatic rings. The lowest BCUT2D eigenvalue weighted by Gasteiger charge is -2.37. The summed E-state index contributed by atoms with van der Waals surface area (Å²) in [6, 6.07) is 9.60. The summed E-state index contributed by atoms with van der Waals surface area (Å²) in [5, 5.41) is 29.5. The van der Waals surface area contributed by atoms with E-state index in [-0.39, 0.29) is 17.6 Å². The minimum absolute atomic E-state index is 0.102. The summed E-state index contributed by atoms with van der Waals surface area (Å²) in [4.78, 5) is 18.6. The number of thioether (sulfide) groups is 1. The number of rotatable bonds is 4. The zero-order valence-corrected chi connectivity index (χ0v) is 18.0. The number of nitrogens with zero attached hydrogens (tertiary/aromatic N) is 1. The predicted molar refractivity (Wildman–Crippen MR) is 118 cm³/mol. The van der Waals surface area contributed by atoms with Gasteiger partial charge in [-0.1, -0.05) is 23.9 Å². The van der Waals surface area contributed by atoms with Crippen LogP contribution in [0.15, 0.2) is 40.7 Å².